The molecule has 1 aromatic carbocycles. The van der Waals surface area contributed by atoms with Gasteiger partial charge in [-0.15, -0.1) is 11.3 Å². The van der Waals surface area contributed by atoms with E-state index in [4.69, 9.17) is 16.0 Å². The average Bonchev–Trinajstić information content (AvgIpc) is 3.04. The minimum absolute atomic E-state index is 0.191. The molecule has 7 heteroatoms. The van der Waals surface area contributed by atoms with Gasteiger partial charge in [-0.1, -0.05) is 11.6 Å². The second-order valence-electron chi connectivity index (χ2n) is 4.16. The smallest absolute Gasteiger partial charge is 0.307 e. The molecular weight excluding hydrogens is 376 g/mol. The van der Waals surface area contributed by atoms with Crippen LogP contribution in [-0.4, -0.2) is 12.1 Å². The highest BCUT2D eigenvalue weighted by atomic mass is 79.9. The molecule has 0 unspecified atom stereocenters. The highest BCUT2D eigenvalue weighted by Gasteiger charge is 2.11. The summed E-state index contributed by atoms with van der Waals surface area (Å²) in [5.41, 5.74) is 3.03. The number of fused-ring (bicyclic) bond motifs is 1. The Labute approximate surface area is 137 Å². The van der Waals surface area contributed by atoms with E-state index in [2.05, 4.69) is 26.5 Å². The molecule has 0 radical (unpaired) electrons. The zero-order valence-electron chi connectivity index (χ0n) is 10.5. The lowest BCUT2D eigenvalue weighted by Crippen LogP contribution is -2.16. The van der Waals surface area contributed by atoms with Gasteiger partial charge < -0.3 is 4.42 Å². The summed E-state index contributed by atoms with van der Waals surface area (Å²) in [6.07, 6.45) is 1.58. The second kappa shape index (κ2) is 6.01. The largest absolute Gasteiger partial charge is 0.451 e. The van der Waals surface area contributed by atoms with Gasteiger partial charge in [-0.2, -0.15) is 5.10 Å². The molecule has 0 spiro atoms. The van der Waals surface area contributed by atoms with Gasteiger partial charge >= 0.3 is 5.91 Å². The van der Waals surface area contributed by atoms with Crippen molar-refractivity contribution in [2.45, 2.75) is 0 Å². The molecule has 1 amide bonds. The van der Waals surface area contributed by atoms with Gasteiger partial charge in [-0.05, 0) is 46.3 Å². The van der Waals surface area contributed by atoms with Crippen molar-refractivity contribution >= 4 is 62.0 Å². The number of hydrazone groups is 1. The topological polar surface area (TPSA) is 54.6 Å². The standard InChI is InChI=1S/C14H8BrClN2O2S/c15-9-5-11(21-7-9)6-17-18-14(19)13-4-8-3-10(16)1-2-12(8)20-13/h1-7H,(H,18,19)/b17-6+. The van der Waals surface area contributed by atoms with Crippen molar-refractivity contribution < 1.29 is 9.21 Å². The van der Waals surface area contributed by atoms with Crippen LogP contribution in [0.4, 0.5) is 0 Å². The molecule has 21 heavy (non-hydrogen) atoms. The summed E-state index contributed by atoms with van der Waals surface area (Å²) in [6.45, 7) is 0. The predicted molar refractivity (Wildman–Crippen MR) is 88.3 cm³/mol. The first-order valence-electron chi connectivity index (χ1n) is 5.88. The lowest BCUT2D eigenvalue weighted by molar-refractivity contribution is 0.0929. The van der Waals surface area contributed by atoms with E-state index in [1.54, 1.807) is 30.5 Å². The van der Waals surface area contributed by atoms with Gasteiger partial charge in [0.05, 0.1) is 6.21 Å². The first-order valence-corrected chi connectivity index (χ1v) is 7.93. The van der Waals surface area contributed by atoms with Crippen LogP contribution >= 0.6 is 38.9 Å². The van der Waals surface area contributed by atoms with E-state index in [-0.39, 0.29) is 5.76 Å². The quantitative estimate of drug-likeness (QED) is 0.527. The fourth-order valence-electron chi connectivity index (χ4n) is 1.73. The minimum Gasteiger partial charge on any atom is -0.451 e. The number of benzene rings is 1. The Bertz CT molecular complexity index is 840. The summed E-state index contributed by atoms with van der Waals surface area (Å²) < 4.78 is 6.42. The maximum Gasteiger partial charge on any atom is 0.307 e. The molecule has 1 N–H and O–H groups in total. The van der Waals surface area contributed by atoms with Crippen molar-refractivity contribution in [1.29, 1.82) is 0 Å². The van der Waals surface area contributed by atoms with Crippen LogP contribution in [0.1, 0.15) is 15.4 Å². The number of amides is 1. The minimum atomic E-state index is -0.408. The van der Waals surface area contributed by atoms with Gasteiger partial charge in [0.1, 0.15) is 5.58 Å². The Hall–Kier alpha value is -1.63. The van der Waals surface area contributed by atoms with Crippen molar-refractivity contribution in [3.63, 3.8) is 0 Å². The van der Waals surface area contributed by atoms with Crippen molar-refractivity contribution in [2.75, 3.05) is 0 Å². The zero-order chi connectivity index (χ0) is 14.8. The van der Waals surface area contributed by atoms with E-state index < -0.39 is 5.91 Å². The van der Waals surface area contributed by atoms with Crippen LogP contribution in [0.15, 0.2) is 49.7 Å². The summed E-state index contributed by atoms with van der Waals surface area (Å²) in [5, 5.41) is 7.21. The van der Waals surface area contributed by atoms with Gasteiger partial charge in [0.15, 0.2) is 5.76 Å². The normalized spacial score (nSPS) is 11.3. The first-order chi connectivity index (χ1) is 10.1. The lowest BCUT2D eigenvalue weighted by atomic mass is 10.2. The maximum absolute atomic E-state index is 11.9. The number of rotatable bonds is 3. The summed E-state index contributed by atoms with van der Waals surface area (Å²) in [4.78, 5) is 12.9. The fourth-order valence-corrected chi connectivity index (χ4v) is 3.22. The Morgan fingerprint density at radius 1 is 1.38 bits per heavy atom. The third-order valence-corrected chi connectivity index (χ3v) is 4.51. The molecule has 3 rings (SSSR count). The number of thiophene rings is 1. The summed E-state index contributed by atoms with van der Waals surface area (Å²) in [6, 6.07) is 8.71. The SMILES string of the molecule is O=C(N/N=C/c1cc(Br)cs1)c1cc2cc(Cl)ccc2o1. The zero-order valence-corrected chi connectivity index (χ0v) is 13.6. The van der Waals surface area contributed by atoms with E-state index in [9.17, 15) is 4.79 Å². The van der Waals surface area contributed by atoms with E-state index in [1.165, 1.54) is 11.3 Å². The van der Waals surface area contributed by atoms with Crippen LogP contribution in [-0.2, 0) is 0 Å². The molecule has 2 heterocycles. The molecule has 0 saturated heterocycles. The lowest BCUT2D eigenvalue weighted by Gasteiger charge is -1.93. The molecule has 0 bridgehead atoms. The Morgan fingerprint density at radius 3 is 3.00 bits per heavy atom. The molecule has 106 valence electrons. The van der Waals surface area contributed by atoms with Crippen LogP contribution in [0.2, 0.25) is 5.02 Å². The Balaban J connectivity index is 1.73. The van der Waals surface area contributed by atoms with Crippen LogP contribution in [0.25, 0.3) is 11.0 Å². The van der Waals surface area contributed by atoms with E-state index in [0.717, 1.165) is 14.7 Å². The molecule has 2 aromatic heterocycles. The fraction of sp³-hybridized carbons (Fsp3) is 0. The molecule has 0 atom stereocenters. The molecule has 0 aliphatic heterocycles. The number of furan rings is 1. The summed E-state index contributed by atoms with van der Waals surface area (Å²) in [7, 11) is 0. The van der Waals surface area contributed by atoms with Crippen molar-refractivity contribution in [1.82, 2.24) is 5.43 Å². The summed E-state index contributed by atoms with van der Waals surface area (Å²) in [5.74, 6) is -0.217. The van der Waals surface area contributed by atoms with E-state index in [1.807, 2.05) is 11.4 Å². The first kappa shape index (κ1) is 14.3. The Morgan fingerprint density at radius 2 is 2.24 bits per heavy atom. The molecule has 4 nitrogen and oxygen atoms in total. The van der Waals surface area contributed by atoms with Crippen LogP contribution in [0.5, 0.6) is 0 Å². The molecule has 0 aliphatic carbocycles. The molecule has 0 saturated carbocycles. The van der Waals surface area contributed by atoms with Crippen molar-refractivity contribution in [3.05, 3.63) is 55.8 Å². The average molecular weight is 384 g/mol. The maximum atomic E-state index is 11.9. The van der Waals surface area contributed by atoms with Crippen LogP contribution < -0.4 is 5.43 Å². The van der Waals surface area contributed by atoms with Gasteiger partial charge in [0.2, 0.25) is 0 Å². The molecule has 3 aromatic rings. The van der Waals surface area contributed by atoms with Crippen LogP contribution in [0.3, 0.4) is 0 Å². The Kier molecular flexibility index (Phi) is 4.10. The van der Waals surface area contributed by atoms with E-state index >= 15 is 0 Å². The highest BCUT2D eigenvalue weighted by Crippen LogP contribution is 2.23. The third kappa shape index (κ3) is 3.34. The predicted octanol–water partition coefficient (Wildman–Crippen LogP) is 4.67. The summed E-state index contributed by atoms with van der Waals surface area (Å²) >= 11 is 10.8. The number of hydrogen-bond acceptors (Lipinski definition) is 4. The number of nitrogens with zero attached hydrogens (tertiary/aromatic N) is 1. The number of hydrogen-bond donors (Lipinski definition) is 1. The van der Waals surface area contributed by atoms with Crippen molar-refractivity contribution in [2.24, 2.45) is 5.10 Å². The van der Waals surface area contributed by atoms with Crippen LogP contribution in [0, 0.1) is 0 Å². The van der Waals surface area contributed by atoms with Gasteiger partial charge in [-0.25, -0.2) is 5.43 Å². The number of halogens is 2. The van der Waals surface area contributed by atoms with Gasteiger partial charge in [-0.3, -0.25) is 4.79 Å². The van der Waals surface area contributed by atoms with E-state index in [0.29, 0.717) is 10.6 Å². The molecular formula is C14H8BrClN2O2S. The molecule has 0 aliphatic rings. The van der Waals surface area contributed by atoms with Gasteiger partial charge in [0.25, 0.3) is 0 Å². The molecule has 0 fully saturated rings. The third-order valence-electron chi connectivity index (χ3n) is 2.65. The monoisotopic (exact) mass is 382 g/mol. The van der Waals surface area contributed by atoms with Gasteiger partial charge in [0, 0.05) is 25.1 Å². The number of nitrogens with one attached hydrogen (secondary N) is 1. The second-order valence-corrected chi connectivity index (χ2v) is 6.45. The van der Waals surface area contributed by atoms with Crippen molar-refractivity contribution in [3.8, 4) is 0 Å². The highest BCUT2D eigenvalue weighted by molar-refractivity contribution is 9.10. The number of carbonyl (C=O) groups is 1. The number of carbonyl (C=O) groups excluding carboxylic acids is 1.